The summed E-state index contributed by atoms with van der Waals surface area (Å²) in [6, 6.07) is 2.36. The number of rotatable bonds is 3. The van der Waals surface area contributed by atoms with Gasteiger partial charge < -0.3 is 4.90 Å². The Bertz CT molecular complexity index is 445. The lowest BCUT2D eigenvalue weighted by Crippen LogP contribution is -2.52. The van der Waals surface area contributed by atoms with Crippen LogP contribution in [0.15, 0.2) is 18.5 Å². The number of nitrogens with zero attached hydrogens (tertiary/aromatic N) is 4. The molecule has 1 aromatic rings. The molecule has 3 heterocycles. The van der Waals surface area contributed by atoms with Gasteiger partial charge in [-0.1, -0.05) is 0 Å². The lowest BCUT2D eigenvalue weighted by atomic mass is 10.0. The largest absolute Gasteiger partial charge is 0.336 e. The van der Waals surface area contributed by atoms with Gasteiger partial charge in [-0.05, 0) is 51.8 Å². The van der Waals surface area contributed by atoms with Crippen molar-refractivity contribution >= 4 is 5.91 Å². The molecule has 110 valence electrons. The third-order valence-corrected chi connectivity index (χ3v) is 4.67. The highest BCUT2D eigenvalue weighted by Crippen LogP contribution is 2.24. The Morgan fingerprint density at radius 2 is 2.15 bits per heavy atom. The van der Waals surface area contributed by atoms with Gasteiger partial charge in [0.1, 0.15) is 0 Å². The van der Waals surface area contributed by atoms with E-state index in [0.717, 1.165) is 45.3 Å². The Balaban J connectivity index is 1.69. The van der Waals surface area contributed by atoms with Gasteiger partial charge in [0.25, 0.3) is 0 Å². The Morgan fingerprint density at radius 1 is 1.25 bits per heavy atom. The molecule has 5 nitrogen and oxygen atoms in total. The highest BCUT2D eigenvalue weighted by Gasteiger charge is 2.35. The molecule has 0 aliphatic carbocycles. The first-order valence-electron chi connectivity index (χ1n) is 7.74. The zero-order chi connectivity index (χ0) is 13.9. The van der Waals surface area contributed by atoms with Crippen LogP contribution in [0.3, 0.4) is 0 Å². The molecule has 1 aromatic heterocycles. The van der Waals surface area contributed by atoms with E-state index in [1.165, 1.54) is 6.42 Å². The second-order valence-electron chi connectivity index (χ2n) is 6.05. The molecule has 0 aromatic carbocycles. The second kappa shape index (κ2) is 5.95. The number of likely N-dealkylation sites (N-methyl/N-ethyl adjacent to an activating group) is 1. The Kier molecular flexibility index (Phi) is 4.05. The van der Waals surface area contributed by atoms with Crippen molar-refractivity contribution in [3.05, 3.63) is 18.5 Å². The normalized spacial score (nSPS) is 27.9. The zero-order valence-electron chi connectivity index (χ0n) is 12.2. The van der Waals surface area contributed by atoms with Crippen LogP contribution in [-0.4, -0.2) is 57.7 Å². The van der Waals surface area contributed by atoms with Crippen molar-refractivity contribution in [2.24, 2.45) is 0 Å². The second-order valence-corrected chi connectivity index (χ2v) is 6.05. The molecule has 0 spiro atoms. The summed E-state index contributed by atoms with van der Waals surface area (Å²) >= 11 is 0. The molecule has 5 heteroatoms. The first kappa shape index (κ1) is 13.6. The molecule has 3 rings (SSSR count). The Morgan fingerprint density at radius 3 is 2.85 bits per heavy atom. The van der Waals surface area contributed by atoms with Crippen LogP contribution in [0.4, 0.5) is 0 Å². The van der Waals surface area contributed by atoms with E-state index in [0.29, 0.717) is 11.9 Å². The predicted molar refractivity (Wildman–Crippen MR) is 77.2 cm³/mol. The van der Waals surface area contributed by atoms with Crippen LogP contribution in [0.1, 0.15) is 32.1 Å². The minimum absolute atomic E-state index is 0.105. The van der Waals surface area contributed by atoms with Crippen molar-refractivity contribution in [1.82, 2.24) is 19.6 Å². The molecule has 2 atom stereocenters. The molecular weight excluding hydrogens is 252 g/mol. The maximum Gasteiger partial charge on any atom is 0.240 e. The fourth-order valence-electron chi connectivity index (χ4n) is 3.52. The molecule has 2 aliphatic rings. The lowest BCUT2D eigenvalue weighted by molar-refractivity contribution is -0.139. The summed E-state index contributed by atoms with van der Waals surface area (Å²) in [7, 11) is 2.07. The summed E-state index contributed by atoms with van der Waals surface area (Å²) in [6.45, 7) is 2.79. The molecule has 2 saturated heterocycles. The molecule has 0 saturated carbocycles. The molecule has 2 aliphatic heterocycles. The predicted octanol–water partition coefficient (Wildman–Crippen LogP) is 1.36. The molecule has 0 bridgehead atoms. The minimum Gasteiger partial charge on any atom is -0.336 e. The Hall–Kier alpha value is -1.36. The topological polar surface area (TPSA) is 41.4 Å². The van der Waals surface area contributed by atoms with Gasteiger partial charge in [-0.3, -0.25) is 14.4 Å². The quantitative estimate of drug-likeness (QED) is 0.837. The molecule has 20 heavy (non-hydrogen) atoms. The molecule has 0 unspecified atom stereocenters. The van der Waals surface area contributed by atoms with Gasteiger partial charge >= 0.3 is 0 Å². The summed E-state index contributed by atoms with van der Waals surface area (Å²) in [5.41, 5.74) is 0. The lowest BCUT2D eigenvalue weighted by Gasteiger charge is -2.38. The number of hydrogen-bond acceptors (Lipinski definition) is 3. The van der Waals surface area contributed by atoms with E-state index < -0.39 is 0 Å². The van der Waals surface area contributed by atoms with Gasteiger partial charge in [0, 0.05) is 18.9 Å². The number of hydrogen-bond donors (Lipinski definition) is 0. The van der Waals surface area contributed by atoms with Crippen LogP contribution in [0.5, 0.6) is 0 Å². The third kappa shape index (κ3) is 2.73. The van der Waals surface area contributed by atoms with Crippen molar-refractivity contribution in [2.75, 3.05) is 20.1 Å². The first-order valence-corrected chi connectivity index (χ1v) is 7.74. The first-order chi connectivity index (χ1) is 9.75. The monoisotopic (exact) mass is 276 g/mol. The smallest absolute Gasteiger partial charge is 0.240 e. The summed E-state index contributed by atoms with van der Waals surface area (Å²) < 4.78 is 1.95. The number of likely N-dealkylation sites (tertiary alicyclic amines) is 2. The van der Waals surface area contributed by atoms with Crippen molar-refractivity contribution < 1.29 is 4.79 Å². The standard InChI is InChI=1S/C15H24N4O/c1-17-9-4-7-14(17)15(20)19-11-3-2-6-13(19)12-18-10-5-8-16-18/h5,8,10,13-14H,2-4,6-7,9,11-12H2,1H3/t13-,14+/m1/s1. The summed E-state index contributed by atoms with van der Waals surface area (Å²) in [4.78, 5) is 17.1. The van der Waals surface area contributed by atoms with Crippen molar-refractivity contribution in [3.63, 3.8) is 0 Å². The van der Waals surface area contributed by atoms with Gasteiger partial charge in [0.15, 0.2) is 0 Å². The van der Waals surface area contributed by atoms with E-state index in [1.54, 1.807) is 6.20 Å². The molecular formula is C15H24N4O. The van der Waals surface area contributed by atoms with E-state index in [1.807, 2.05) is 16.9 Å². The maximum absolute atomic E-state index is 12.8. The van der Waals surface area contributed by atoms with Crippen LogP contribution in [0, 0.1) is 0 Å². The van der Waals surface area contributed by atoms with E-state index in [-0.39, 0.29) is 6.04 Å². The zero-order valence-corrected chi connectivity index (χ0v) is 12.2. The number of amides is 1. The molecule has 0 N–H and O–H groups in total. The van der Waals surface area contributed by atoms with Crippen molar-refractivity contribution in [1.29, 1.82) is 0 Å². The average molecular weight is 276 g/mol. The highest BCUT2D eigenvalue weighted by molar-refractivity contribution is 5.82. The maximum atomic E-state index is 12.8. The van der Waals surface area contributed by atoms with Crippen LogP contribution in [0.2, 0.25) is 0 Å². The summed E-state index contributed by atoms with van der Waals surface area (Å²) in [5, 5.41) is 4.28. The number of aromatic nitrogens is 2. The van der Waals surface area contributed by atoms with Crippen LogP contribution in [-0.2, 0) is 11.3 Å². The Labute approximate surface area is 120 Å². The fourth-order valence-corrected chi connectivity index (χ4v) is 3.52. The average Bonchev–Trinajstić information content (AvgIpc) is 3.10. The van der Waals surface area contributed by atoms with E-state index >= 15 is 0 Å². The minimum atomic E-state index is 0.105. The summed E-state index contributed by atoms with van der Waals surface area (Å²) in [5.74, 6) is 0.335. The van der Waals surface area contributed by atoms with Gasteiger partial charge in [-0.25, -0.2) is 0 Å². The number of carbonyl (C=O) groups excluding carboxylic acids is 1. The molecule has 0 radical (unpaired) electrons. The fraction of sp³-hybridized carbons (Fsp3) is 0.733. The molecule has 2 fully saturated rings. The summed E-state index contributed by atoms with van der Waals surface area (Å²) in [6.07, 6.45) is 9.40. The SMILES string of the molecule is CN1CCC[C@H]1C(=O)N1CCCC[C@@H]1Cn1cccn1. The van der Waals surface area contributed by atoms with E-state index in [4.69, 9.17) is 0 Å². The van der Waals surface area contributed by atoms with Gasteiger partial charge in [-0.2, -0.15) is 5.10 Å². The molecule has 1 amide bonds. The van der Waals surface area contributed by atoms with Crippen molar-refractivity contribution in [2.45, 2.75) is 50.7 Å². The highest BCUT2D eigenvalue weighted by atomic mass is 16.2. The third-order valence-electron chi connectivity index (χ3n) is 4.67. The van der Waals surface area contributed by atoms with Gasteiger partial charge in [0.05, 0.1) is 18.6 Å². The van der Waals surface area contributed by atoms with Gasteiger partial charge in [0.2, 0.25) is 5.91 Å². The van der Waals surface area contributed by atoms with Crippen molar-refractivity contribution in [3.8, 4) is 0 Å². The van der Waals surface area contributed by atoms with E-state index in [9.17, 15) is 4.79 Å². The number of carbonyl (C=O) groups is 1. The van der Waals surface area contributed by atoms with Crippen LogP contribution < -0.4 is 0 Å². The van der Waals surface area contributed by atoms with Gasteiger partial charge in [-0.15, -0.1) is 0 Å². The van der Waals surface area contributed by atoms with E-state index in [2.05, 4.69) is 21.9 Å². The number of piperidine rings is 1. The van der Waals surface area contributed by atoms with Crippen LogP contribution in [0.25, 0.3) is 0 Å². The van der Waals surface area contributed by atoms with Crippen LogP contribution >= 0.6 is 0 Å².